The Morgan fingerprint density at radius 2 is 2.00 bits per heavy atom. The maximum atomic E-state index is 12.1. The highest BCUT2D eigenvalue weighted by atomic mass is 35.5. The van der Waals surface area contributed by atoms with Crippen molar-refractivity contribution in [3.8, 4) is 5.75 Å². The van der Waals surface area contributed by atoms with Gasteiger partial charge in [0, 0.05) is 18.3 Å². The summed E-state index contributed by atoms with van der Waals surface area (Å²) in [6.45, 7) is 2.33. The molecule has 1 unspecified atom stereocenters. The van der Waals surface area contributed by atoms with Crippen LogP contribution >= 0.6 is 11.6 Å². The predicted molar refractivity (Wildman–Crippen MR) is 89.5 cm³/mol. The molecular weight excluding hydrogens is 334 g/mol. The Bertz CT molecular complexity index is 698. The lowest BCUT2D eigenvalue weighted by molar-refractivity contribution is -0.143. The third kappa shape index (κ3) is 3.59. The molecule has 1 aliphatic rings. The SMILES string of the molecule is CCOc1ccc([C@@H]2C(C(=O)OC)=CN=CC2C(=O)OC)cc1Cl. The molecule has 24 heavy (non-hydrogen) atoms. The number of esters is 2. The van der Waals surface area contributed by atoms with E-state index in [2.05, 4.69) is 4.99 Å². The zero-order chi connectivity index (χ0) is 17.7. The summed E-state index contributed by atoms with van der Waals surface area (Å²) in [7, 11) is 2.56. The number of hydrogen-bond acceptors (Lipinski definition) is 6. The average molecular weight is 352 g/mol. The standard InChI is InChI=1S/C17H18ClNO5/c1-4-24-14-6-5-10(7-13(14)18)15-11(16(20)22-2)8-19-9-12(15)17(21)23-3/h5-9,11,15H,4H2,1-3H3/t11?,15-/m0/s1. The van der Waals surface area contributed by atoms with E-state index in [1.54, 1.807) is 18.2 Å². The van der Waals surface area contributed by atoms with Gasteiger partial charge in [-0.3, -0.25) is 9.79 Å². The van der Waals surface area contributed by atoms with E-state index in [9.17, 15) is 9.59 Å². The first-order valence-corrected chi connectivity index (χ1v) is 7.73. The maximum absolute atomic E-state index is 12.1. The predicted octanol–water partition coefficient (Wildman–Crippen LogP) is 2.75. The molecule has 0 aliphatic carbocycles. The van der Waals surface area contributed by atoms with Crippen molar-refractivity contribution in [3.63, 3.8) is 0 Å². The van der Waals surface area contributed by atoms with Crippen LogP contribution in [0.1, 0.15) is 18.4 Å². The zero-order valence-electron chi connectivity index (χ0n) is 13.6. The number of hydrogen-bond donors (Lipinski definition) is 0. The van der Waals surface area contributed by atoms with Crippen molar-refractivity contribution in [2.75, 3.05) is 20.8 Å². The van der Waals surface area contributed by atoms with Gasteiger partial charge in [-0.1, -0.05) is 17.7 Å². The van der Waals surface area contributed by atoms with Gasteiger partial charge in [-0.25, -0.2) is 4.79 Å². The van der Waals surface area contributed by atoms with Crippen LogP contribution in [0.25, 0.3) is 0 Å². The summed E-state index contributed by atoms with van der Waals surface area (Å²) in [6, 6.07) is 5.13. The lowest BCUT2D eigenvalue weighted by Crippen LogP contribution is -2.31. The summed E-state index contributed by atoms with van der Waals surface area (Å²) < 4.78 is 15.0. The summed E-state index contributed by atoms with van der Waals surface area (Å²) in [5.41, 5.74) is 0.928. The molecule has 0 saturated heterocycles. The number of carbonyl (C=O) groups is 2. The van der Waals surface area contributed by atoms with E-state index in [4.69, 9.17) is 25.8 Å². The van der Waals surface area contributed by atoms with Crippen molar-refractivity contribution in [2.24, 2.45) is 10.9 Å². The van der Waals surface area contributed by atoms with Crippen LogP contribution in [-0.2, 0) is 19.1 Å². The minimum Gasteiger partial charge on any atom is -0.492 e. The van der Waals surface area contributed by atoms with E-state index >= 15 is 0 Å². The molecule has 1 aromatic carbocycles. The zero-order valence-corrected chi connectivity index (χ0v) is 14.4. The highest BCUT2D eigenvalue weighted by Crippen LogP contribution is 2.38. The minimum absolute atomic E-state index is 0.260. The molecule has 0 fully saturated rings. The number of ether oxygens (including phenoxy) is 3. The molecule has 0 N–H and O–H groups in total. The monoisotopic (exact) mass is 351 g/mol. The van der Waals surface area contributed by atoms with Crippen molar-refractivity contribution in [1.82, 2.24) is 0 Å². The second-order valence-electron chi connectivity index (χ2n) is 5.02. The molecule has 0 spiro atoms. The van der Waals surface area contributed by atoms with Gasteiger partial charge in [0.2, 0.25) is 0 Å². The van der Waals surface area contributed by atoms with Gasteiger partial charge < -0.3 is 14.2 Å². The van der Waals surface area contributed by atoms with Crippen LogP contribution in [0.4, 0.5) is 0 Å². The first-order valence-electron chi connectivity index (χ1n) is 7.35. The van der Waals surface area contributed by atoms with E-state index in [1.165, 1.54) is 26.6 Å². The normalized spacial score (nSPS) is 19.4. The Labute approximate surface area is 145 Å². The van der Waals surface area contributed by atoms with Crippen LogP contribution in [0.5, 0.6) is 5.75 Å². The molecular formula is C17H18ClNO5. The highest BCUT2D eigenvalue weighted by molar-refractivity contribution is 6.32. The van der Waals surface area contributed by atoms with Gasteiger partial charge in [-0.05, 0) is 24.6 Å². The molecule has 0 aromatic heterocycles. The fourth-order valence-electron chi connectivity index (χ4n) is 2.58. The molecule has 1 heterocycles. The van der Waals surface area contributed by atoms with Crippen LogP contribution in [0.3, 0.4) is 0 Å². The summed E-state index contributed by atoms with van der Waals surface area (Å²) in [4.78, 5) is 28.2. The van der Waals surface area contributed by atoms with E-state index in [1.807, 2.05) is 6.92 Å². The molecule has 7 heteroatoms. The molecule has 1 aromatic rings. The van der Waals surface area contributed by atoms with Gasteiger partial charge in [-0.2, -0.15) is 0 Å². The number of aliphatic imine (C=N–C) groups is 1. The topological polar surface area (TPSA) is 74.2 Å². The van der Waals surface area contributed by atoms with Gasteiger partial charge in [0.1, 0.15) is 11.7 Å². The van der Waals surface area contributed by atoms with Crippen molar-refractivity contribution in [3.05, 3.63) is 40.6 Å². The van der Waals surface area contributed by atoms with E-state index < -0.39 is 23.8 Å². The van der Waals surface area contributed by atoms with Crippen molar-refractivity contribution in [2.45, 2.75) is 12.8 Å². The Balaban J connectivity index is 2.49. The van der Waals surface area contributed by atoms with Crippen LogP contribution in [0.15, 0.2) is 35.0 Å². The molecule has 0 amide bonds. The second kappa shape index (κ2) is 7.97. The van der Waals surface area contributed by atoms with E-state index in [0.29, 0.717) is 22.9 Å². The third-order valence-electron chi connectivity index (χ3n) is 3.66. The Kier molecular flexibility index (Phi) is 5.98. The lowest BCUT2D eigenvalue weighted by atomic mass is 9.80. The second-order valence-corrected chi connectivity index (χ2v) is 5.43. The number of methoxy groups -OCH3 is 2. The fraction of sp³-hybridized carbons (Fsp3) is 0.353. The minimum atomic E-state index is -0.747. The van der Waals surface area contributed by atoms with Gasteiger partial charge in [0.25, 0.3) is 0 Å². The first-order chi connectivity index (χ1) is 11.5. The van der Waals surface area contributed by atoms with Gasteiger partial charge in [0.05, 0.1) is 31.4 Å². The fourth-order valence-corrected chi connectivity index (χ4v) is 2.82. The van der Waals surface area contributed by atoms with Gasteiger partial charge >= 0.3 is 11.9 Å². The van der Waals surface area contributed by atoms with Crippen molar-refractivity contribution in [1.29, 1.82) is 0 Å². The summed E-state index contributed by atoms with van der Waals surface area (Å²) in [5.74, 6) is -1.87. The molecule has 6 nitrogen and oxygen atoms in total. The first kappa shape index (κ1) is 18.0. The molecule has 2 atom stereocenters. The molecule has 2 rings (SSSR count). The molecule has 0 saturated carbocycles. The summed E-state index contributed by atoms with van der Waals surface area (Å²) >= 11 is 6.24. The smallest absolute Gasteiger partial charge is 0.335 e. The summed E-state index contributed by atoms with van der Waals surface area (Å²) in [6.07, 6.45) is 2.84. The van der Waals surface area contributed by atoms with E-state index in [-0.39, 0.29) is 5.57 Å². The Morgan fingerprint density at radius 3 is 2.58 bits per heavy atom. The number of rotatable bonds is 5. The van der Waals surface area contributed by atoms with E-state index in [0.717, 1.165) is 0 Å². The molecule has 1 aliphatic heterocycles. The van der Waals surface area contributed by atoms with Crippen LogP contribution in [-0.4, -0.2) is 39.0 Å². The Morgan fingerprint density at radius 1 is 1.25 bits per heavy atom. The largest absolute Gasteiger partial charge is 0.492 e. The van der Waals surface area contributed by atoms with Crippen molar-refractivity contribution < 1.29 is 23.8 Å². The molecule has 128 valence electrons. The van der Waals surface area contributed by atoms with Gasteiger partial charge in [-0.15, -0.1) is 0 Å². The third-order valence-corrected chi connectivity index (χ3v) is 3.96. The van der Waals surface area contributed by atoms with Crippen LogP contribution < -0.4 is 4.74 Å². The number of carbonyl (C=O) groups excluding carboxylic acids is 2. The number of nitrogens with zero attached hydrogens (tertiary/aromatic N) is 1. The number of halogens is 1. The average Bonchev–Trinajstić information content (AvgIpc) is 2.61. The molecule has 0 bridgehead atoms. The van der Waals surface area contributed by atoms with Gasteiger partial charge in [0.15, 0.2) is 0 Å². The quantitative estimate of drug-likeness (QED) is 0.762. The highest BCUT2D eigenvalue weighted by Gasteiger charge is 2.37. The maximum Gasteiger partial charge on any atom is 0.335 e. The van der Waals surface area contributed by atoms with Crippen LogP contribution in [0, 0.1) is 5.92 Å². The summed E-state index contributed by atoms with van der Waals surface area (Å²) in [5, 5.41) is 0.393. The van der Waals surface area contributed by atoms with Crippen LogP contribution in [0.2, 0.25) is 5.02 Å². The number of benzene rings is 1. The molecule has 0 radical (unpaired) electrons. The Hall–Kier alpha value is -2.34. The lowest BCUT2D eigenvalue weighted by Gasteiger charge is -2.26. The van der Waals surface area contributed by atoms with Crippen molar-refractivity contribution >= 4 is 29.8 Å².